The molecule has 0 saturated heterocycles. The summed E-state index contributed by atoms with van der Waals surface area (Å²) in [5.41, 5.74) is 19.7. The highest BCUT2D eigenvalue weighted by Crippen LogP contribution is 2.38. The Morgan fingerprint density at radius 2 is 1.00 bits per heavy atom. The molecule has 4 N–H and O–H groups in total. The molecule has 0 atom stereocenters. The lowest BCUT2D eigenvalue weighted by Crippen LogP contribution is -1.97. The summed E-state index contributed by atoms with van der Waals surface area (Å²) >= 11 is 0. The predicted molar refractivity (Wildman–Crippen MR) is 93.3 cm³/mol. The van der Waals surface area contributed by atoms with Crippen LogP contribution in [0, 0.1) is 26.0 Å². The van der Waals surface area contributed by atoms with Crippen LogP contribution >= 0.6 is 0 Å². The van der Waals surface area contributed by atoms with Gasteiger partial charge in [-0.2, -0.15) is 0 Å². The normalized spacial score (nSPS) is 10.6. The molecule has 2 radical (unpaired) electrons. The lowest BCUT2D eigenvalue weighted by Gasteiger charge is -2.15. The fourth-order valence-corrected chi connectivity index (χ4v) is 2.54. The van der Waals surface area contributed by atoms with Crippen LogP contribution in [-0.2, 0) is 0 Å². The zero-order valence-corrected chi connectivity index (χ0v) is 12.8. The van der Waals surface area contributed by atoms with Gasteiger partial charge in [0.2, 0.25) is 0 Å². The lowest BCUT2D eigenvalue weighted by atomic mass is 9.89. The van der Waals surface area contributed by atoms with Crippen molar-refractivity contribution in [3.05, 3.63) is 71.8 Å². The summed E-state index contributed by atoms with van der Waals surface area (Å²) in [7, 11) is 0. The van der Waals surface area contributed by atoms with Gasteiger partial charge in [-0.25, -0.2) is 0 Å². The van der Waals surface area contributed by atoms with Crippen LogP contribution in [0.15, 0.2) is 48.5 Å². The van der Waals surface area contributed by atoms with Crippen molar-refractivity contribution in [3.63, 3.8) is 0 Å². The number of nitrogens with two attached hydrogens (primary N) is 2. The van der Waals surface area contributed by atoms with Gasteiger partial charge in [0.05, 0.1) is 0 Å². The first-order valence-electron chi connectivity index (χ1n) is 7.23. The zero-order valence-electron chi connectivity index (χ0n) is 12.8. The van der Waals surface area contributed by atoms with Gasteiger partial charge in [0.15, 0.2) is 0 Å². The number of hydrogen-bond acceptors (Lipinski definition) is 2. The van der Waals surface area contributed by atoms with Crippen LogP contribution in [0.5, 0.6) is 0 Å². The van der Waals surface area contributed by atoms with Crippen LogP contribution < -0.4 is 11.5 Å². The average Bonchev–Trinajstić information content (AvgIpc) is 2.51. The van der Waals surface area contributed by atoms with Gasteiger partial charge in [-0.05, 0) is 49.2 Å². The first-order valence-corrected chi connectivity index (χ1v) is 7.23. The van der Waals surface area contributed by atoms with Crippen LogP contribution in [0.3, 0.4) is 0 Å². The highest BCUT2D eigenvalue weighted by molar-refractivity contribution is 5.92. The van der Waals surface area contributed by atoms with Crippen LogP contribution in [-0.4, -0.2) is 0 Å². The van der Waals surface area contributed by atoms with E-state index in [9.17, 15) is 0 Å². The van der Waals surface area contributed by atoms with Gasteiger partial charge in [-0.1, -0.05) is 36.4 Å². The Kier molecular flexibility index (Phi) is 3.60. The molecule has 0 unspecified atom stereocenters. The average molecular weight is 286 g/mol. The number of para-hydroxylation sites is 2. The SMILES string of the molecule is Cc1[c]c(-c2ccccc2N)c(-c2ccccc2N)[c]c1C. The van der Waals surface area contributed by atoms with Crippen molar-refractivity contribution in [1.82, 2.24) is 0 Å². The van der Waals surface area contributed by atoms with Crippen LogP contribution in [0.1, 0.15) is 11.1 Å². The fourth-order valence-electron chi connectivity index (χ4n) is 2.54. The smallest absolute Gasteiger partial charge is 0.0394 e. The maximum Gasteiger partial charge on any atom is 0.0394 e. The van der Waals surface area contributed by atoms with Crippen molar-refractivity contribution in [2.45, 2.75) is 13.8 Å². The van der Waals surface area contributed by atoms with E-state index in [0.29, 0.717) is 0 Å². The fraction of sp³-hybridized carbons (Fsp3) is 0.100. The second-order valence-corrected chi connectivity index (χ2v) is 5.42. The zero-order chi connectivity index (χ0) is 15.7. The maximum absolute atomic E-state index is 6.16. The number of rotatable bonds is 2. The second-order valence-electron chi connectivity index (χ2n) is 5.42. The maximum atomic E-state index is 6.16. The monoisotopic (exact) mass is 286 g/mol. The van der Waals surface area contributed by atoms with Gasteiger partial charge in [-0.15, -0.1) is 0 Å². The van der Waals surface area contributed by atoms with Crippen molar-refractivity contribution >= 4 is 11.4 Å². The Morgan fingerprint density at radius 1 is 0.636 bits per heavy atom. The van der Waals surface area contributed by atoms with Gasteiger partial charge in [0, 0.05) is 33.6 Å². The number of hydrogen-bond donors (Lipinski definition) is 2. The van der Waals surface area contributed by atoms with E-state index in [1.807, 2.05) is 62.4 Å². The molecule has 2 heteroatoms. The number of nitrogen functional groups attached to an aromatic ring is 2. The van der Waals surface area contributed by atoms with Crippen LogP contribution in [0.2, 0.25) is 0 Å². The van der Waals surface area contributed by atoms with Crippen molar-refractivity contribution < 1.29 is 0 Å². The third-order valence-corrected chi connectivity index (χ3v) is 3.90. The lowest BCUT2D eigenvalue weighted by molar-refractivity contribution is 1.32. The Morgan fingerprint density at radius 3 is 1.36 bits per heavy atom. The van der Waals surface area contributed by atoms with E-state index < -0.39 is 0 Å². The number of anilines is 2. The Balaban J connectivity index is 2.33. The third kappa shape index (κ3) is 2.44. The summed E-state index contributed by atoms with van der Waals surface area (Å²) in [5.74, 6) is 0. The van der Waals surface area contributed by atoms with Gasteiger partial charge in [0.1, 0.15) is 0 Å². The van der Waals surface area contributed by atoms with E-state index in [2.05, 4.69) is 12.1 Å². The minimum absolute atomic E-state index is 0.728. The summed E-state index contributed by atoms with van der Waals surface area (Å²) in [4.78, 5) is 0. The van der Waals surface area contributed by atoms with Crippen LogP contribution in [0.25, 0.3) is 22.3 Å². The quantitative estimate of drug-likeness (QED) is 0.686. The standard InChI is InChI=1S/C20H18N2/c1-13-11-17(15-7-3-5-9-19(15)21)18(12-14(13)2)16-8-4-6-10-20(16)22/h3-10H,21-22H2,1-2H3. The molecule has 0 spiro atoms. The molecule has 0 aromatic heterocycles. The summed E-state index contributed by atoms with van der Waals surface area (Å²) < 4.78 is 0. The Hall–Kier alpha value is -2.74. The van der Waals surface area contributed by atoms with Crippen molar-refractivity contribution in [1.29, 1.82) is 0 Å². The van der Waals surface area contributed by atoms with Crippen molar-refractivity contribution in [2.75, 3.05) is 11.5 Å². The molecular formula is C20H18N2. The minimum atomic E-state index is 0.728. The van der Waals surface area contributed by atoms with Gasteiger partial charge >= 0.3 is 0 Å². The molecule has 0 amide bonds. The first kappa shape index (κ1) is 14.2. The minimum Gasteiger partial charge on any atom is -0.398 e. The van der Waals surface area contributed by atoms with E-state index in [0.717, 1.165) is 44.8 Å². The Labute approximate surface area is 131 Å². The molecule has 0 aliphatic rings. The molecule has 22 heavy (non-hydrogen) atoms. The topological polar surface area (TPSA) is 52.0 Å². The molecule has 0 heterocycles. The predicted octanol–water partition coefficient (Wildman–Crippen LogP) is 4.40. The largest absolute Gasteiger partial charge is 0.398 e. The van der Waals surface area contributed by atoms with E-state index >= 15 is 0 Å². The van der Waals surface area contributed by atoms with E-state index in [-0.39, 0.29) is 0 Å². The molecule has 0 aliphatic heterocycles. The number of benzene rings is 3. The van der Waals surface area contributed by atoms with E-state index in [1.54, 1.807) is 0 Å². The van der Waals surface area contributed by atoms with Crippen molar-refractivity contribution in [3.8, 4) is 22.3 Å². The molecule has 2 nitrogen and oxygen atoms in total. The summed E-state index contributed by atoms with van der Waals surface area (Å²) in [5, 5.41) is 0. The molecule has 108 valence electrons. The van der Waals surface area contributed by atoms with Gasteiger partial charge in [0.25, 0.3) is 0 Å². The summed E-state index contributed by atoms with van der Waals surface area (Å²) in [6, 6.07) is 22.6. The number of aryl methyl sites for hydroxylation is 2. The molecule has 0 aliphatic carbocycles. The highest BCUT2D eigenvalue weighted by Gasteiger charge is 2.14. The molecule has 3 aromatic rings. The summed E-state index contributed by atoms with van der Waals surface area (Å²) in [6.07, 6.45) is 0. The van der Waals surface area contributed by atoms with Crippen molar-refractivity contribution in [2.24, 2.45) is 0 Å². The van der Waals surface area contributed by atoms with Gasteiger partial charge in [-0.3, -0.25) is 0 Å². The molecule has 0 saturated carbocycles. The first-order chi connectivity index (χ1) is 10.6. The second kappa shape index (κ2) is 5.57. The third-order valence-electron chi connectivity index (χ3n) is 3.90. The van der Waals surface area contributed by atoms with Gasteiger partial charge < -0.3 is 11.5 Å². The van der Waals surface area contributed by atoms with E-state index in [4.69, 9.17) is 11.5 Å². The Bertz CT molecular complexity index is 764. The summed E-state index contributed by atoms with van der Waals surface area (Å²) in [6.45, 7) is 4.07. The van der Waals surface area contributed by atoms with Crippen LogP contribution in [0.4, 0.5) is 11.4 Å². The highest BCUT2D eigenvalue weighted by atomic mass is 14.6. The molecule has 0 fully saturated rings. The van der Waals surface area contributed by atoms with E-state index in [1.165, 1.54) is 0 Å². The molecule has 3 aromatic carbocycles. The molecule has 0 bridgehead atoms. The molecule has 3 rings (SSSR count). The molecular weight excluding hydrogens is 268 g/mol.